The van der Waals surface area contributed by atoms with Crippen molar-refractivity contribution in [3.8, 4) is 44.5 Å². The molecule has 0 aliphatic heterocycles. The van der Waals surface area contributed by atoms with E-state index >= 15 is 0 Å². The summed E-state index contributed by atoms with van der Waals surface area (Å²) in [5, 5.41) is 12.6. The van der Waals surface area contributed by atoms with Crippen molar-refractivity contribution >= 4 is 67.4 Å². The fourth-order valence-electron chi connectivity index (χ4n) is 10.3. The molecule has 0 saturated heterocycles. The Bertz CT molecular complexity index is 3350. The molecule has 0 aliphatic carbocycles. The highest BCUT2D eigenvalue weighted by Crippen LogP contribution is 2.50. The van der Waals surface area contributed by atoms with Crippen LogP contribution in [0.1, 0.15) is 30.5 Å². The first-order valence-electron chi connectivity index (χ1n) is 21.1. The standard InChI is InChI=1S/C60H44.H2S/c1-39-20-7-18-35-55(39)60(2,3)42-24-19-23-41(38-42)57-47-29-12-16-33-51(47)59(52-34-17-13-30-48(52)57)54-37-36-53(43-25-8-9-26-44(43)54)58-49-31-14-10-27-45(49)56(40-21-5-4-6-22-40)46-28-11-15-32-50(46)58;/h4-38H,1-3H3;1H2. The van der Waals surface area contributed by atoms with E-state index < -0.39 is 0 Å². The zero-order chi connectivity index (χ0) is 40.4. The summed E-state index contributed by atoms with van der Waals surface area (Å²) >= 11 is 0. The molecular weight excluding hydrogens is 753 g/mol. The van der Waals surface area contributed by atoms with Gasteiger partial charge in [-0.05, 0) is 122 Å². The molecule has 0 aromatic heterocycles. The van der Waals surface area contributed by atoms with Gasteiger partial charge in [-0.25, -0.2) is 0 Å². The maximum atomic E-state index is 2.43. The zero-order valence-electron chi connectivity index (χ0n) is 34.7. The molecule has 0 fully saturated rings. The molecule has 0 heterocycles. The van der Waals surface area contributed by atoms with Crippen LogP contribution in [0.15, 0.2) is 212 Å². The molecule has 292 valence electrons. The average Bonchev–Trinajstić information content (AvgIpc) is 3.30. The van der Waals surface area contributed by atoms with Crippen molar-refractivity contribution in [2.24, 2.45) is 0 Å². The van der Waals surface area contributed by atoms with Crippen molar-refractivity contribution in [2.45, 2.75) is 26.2 Å². The van der Waals surface area contributed by atoms with E-state index in [0.29, 0.717) is 0 Å². The van der Waals surface area contributed by atoms with E-state index in [1.807, 2.05) is 0 Å². The van der Waals surface area contributed by atoms with Crippen molar-refractivity contribution in [1.82, 2.24) is 0 Å². The Morgan fingerprint density at radius 3 is 1.08 bits per heavy atom. The van der Waals surface area contributed by atoms with Crippen LogP contribution in [0.25, 0.3) is 98.4 Å². The van der Waals surface area contributed by atoms with E-state index in [0.717, 1.165) is 0 Å². The molecular formula is C60H46S. The number of rotatable bonds is 6. The third kappa shape index (κ3) is 6.15. The number of benzene rings is 11. The maximum Gasteiger partial charge on any atom is 0.0149 e. The van der Waals surface area contributed by atoms with E-state index in [1.54, 1.807) is 0 Å². The second-order valence-electron chi connectivity index (χ2n) is 16.8. The van der Waals surface area contributed by atoms with Crippen LogP contribution >= 0.6 is 13.5 Å². The first-order valence-corrected chi connectivity index (χ1v) is 21.1. The summed E-state index contributed by atoms with van der Waals surface area (Å²) in [4.78, 5) is 0. The molecule has 0 amide bonds. The van der Waals surface area contributed by atoms with Crippen molar-refractivity contribution in [2.75, 3.05) is 0 Å². The molecule has 11 rings (SSSR count). The third-order valence-corrected chi connectivity index (χ3v) is 13.1. The van der Waals surface area contributed by atoms with Crippen LogP contribution in [0, 0.1) is 6.92 Å². The Kier molecular flexibility index (Phi) is 9.58. The largest absolute Gasteiger partial charge is 0.197 e. The maximum absolute atomic E-state index is 2.43. The molecule has 0 nitrogen and oxygen atoms in total. The van der Waals surface area contributed by atoms with Gasteiger partial charge in [0.25, 0.3) is 0 Å². The minimum Gasteiger partial charge on any atom is -0.197 e. The predicted molar refractivity (Wildman–Crippen MR) is 269 cm³/mol. The molecule has 0 N–H and O–H groups in total. The Balaban J connectivity index is 0.00000445. The van der Waals surface area contributed by atoms with Crippen molar-refractivity contribution < 1.29 is 0 Å². The van der Waals surface area contributed by atoms with Crippen LogP contribution in [0.4, 0.5) is 0 Å². The summed E-state index contributed by atoms with van der Waals surface area (Å²) in [5.41, 5.74) is 13.9. The minimum absolute atomic E-state index is 0. The highest BCUT2D eigenvalue weighted by atomic mass is 32.1. The van der Waals surface area contributed by atoms with Crippen molar-refractivity contribution in [3.63, 3.8) is 0 Å². The first-order chi connectivity index (χ1) is 29.5. The number of hydrogen-bond acceptors (Lipinski definition) is 0. The Morgan fingerprint density at radius 2 is 0.639 bits per heavy atom. The van der Waals surface area contributed by atoms with Gasteiger partial charge in [-0.2, -0.15) is 13.5 Å². The predicted octanol–water partition coefficient (Wildman–Crippen LogP) is 16.9. The number of fused-ring (bicyclic) bond motifs is 5. The molecule has 11 aromatic carbocycles. The van der Waals surface area contributed by atoms with Crippen molar-refractivity contribution in [3.05, 3.63) is 229 Å². The van der Waals surface area contributed by atoms with Gasteiger partial charge in [-0.3, -0.25) is 0 Å². The Labute approximate surface area is 365 Å². The number of hydrogen-bond donors (Lipinski definition) is 0. The van der Waals surface area contributed by atoms with Crippen LogP contribution in [0.5, 0.6) is 0 Å². The van der Waals surface area contributed by atoms with Gasteiger partial charge in [-0.15, -0.1) is 0 Å². The Morgan fingerprint density at radius 1 is 0.295 bits per heavy atom. The van der Waals surface area contributed by atoms with E-state index in [2.05, 4.69) is 233 Å². The molecule has 0 aliphatic rings. The zero-order valence-corrected chi connectivity index (χ0v) is 35.7. The van der Waals surface area contributed by atoms with Gasteiger partial charge in [0.15, 0.2) is 0 Å². The molecule has 0 saturated carbocycles. The fourth-order valence-corrected chi connectivity index (χ4v) is 10.3. The van der Waals surface area contributed by atoms with Gasteiger partial charge in [0.1, 0.15) is 0 Å². The lowest BCUT2D eigenvalue weighted by Crippen LogP contribution is -2.20. The molecule has 1 heteroatoms. The highest BCUT2D eigenvalue weighted by molar-refractivity contribution is 7.59. The van der Waals surface area contributed by atoms with Crippen LogP contribution in [-0.2, 0) is 5.41 Å². The van der Waals surface area contributed by atoms with Gasteiger partial charge < -0.3 is 0 Å². The SMILES string of the molecule is Cc1ccccc1C(C)(C)c1cccc(-c2c3ccccc3c(-c3ccc(-c4c5ccccc5c(-c5ccccc5)c5ccccc45)c4ccccc34)c3ccccc23)c1.S. The van der Waals surface area contributed by atoms with Crippen LogP contribution < -0.4 is 0 Å². The quantitative estimate of drug-likeness (QED) is 0.147. The van der Waals surface area contributed by atoms with Gasteiger partial charge in [0.2, 0.25) is 0 Å². The first kappa shape index (κ1) is 38.3. The van der Waals surface area contributed by atoms with Crippen molar-refractivity contribution in [1.29, 1.82) is 0 Å². The van der Waals surface area contributed by atoms with Gasteiger partial charge >= 0.3 is 0 Å². The fraction of sp³-hybridized carbons (Fsp3) is 0.0667. The van der Waals surface area contributed by atoms with Crippen LogP contribution in [0.3, 0.4) is 0 Å². The van der Waals surface area contributed by atoms with E-state index in [9.17, 15) is 0 Å². The van der Waals surface area contributed by atoms with Crippen LogP contribution in [-0.4, -0.2) is 0 Å². The third-order valence-electron chi connectivity index (χ3n) is 13.1. The summed E-state index contributed by atoms with van der Waals surface area (Å²) in [6, 6.07) is 78.8. The molecule has 11 aromatic rings. The lowest BCUT2D eigenvalue weighted by Gasteiger charge is -2.28. The molecule has 0 radical (unpaired) electrons. The second-order valence-corrected chi connectivity index (χ2v) is 16.8. The van der Waals surface area contributed by atoms with E-state index in [1.165, 1.54) is 115 Å². The van der Waals surface area contributed by atoms with E-state index in [-0.39, 0.29) is 18.9 Å². The summed E-state index contributed by atoms with van der Waals surface area (Å²) in [5.74, 6) is 0. The smallest absolute Gasteiger partial charge is 0.0149 e. The lowest BCUT2D eigenvalue weighted by atomic mass is 9.75. The monoisotopic (exact) mass is 798 g/mol. The molecule has 0 spiro atoms. The average molecular weight is 799 g/mol. The second kappa shape index (κ2) is 15.3. The van der Waals surface area contributed by atoms with Gasteiger partial charge in [0, 0.05) is 5.41 Å². The highest BCUT2D eigenvalue weighted by Gasteiger charge is 2.26. The summed E-state index contributed by atoms with van der Waals surface area (Å²) in [7, 11) is 0. The van der Waals surface area contributed by atoms with Gasteiger partial charge in [-0.1, -0.05) is 226 Å². The van der Waals surface area contributed by atoms with Crippen LogP contribution in [0.2, 0.25) is 0 Å². The normalized spacial score (nSPS) is 11.7. The molecule has 0 bridgehead atoms. The summed E-state index contributed by atoms with van der Waals surface area (Å²) < 4.78 is 0. The summed E-state index contributed by atoms with van der Waals surface area (Å²) in [6.45, 7) is 6.93. The molecule has 61 heavy (non-hydrogen) atoms. The lowest BCUT2D eigenvalue weighted by molar-refractivity contribution is 0.636. The topological polar surface area (TPSA) is 0 Å². The Hall–Kier alpha value is -6.93. The van der Waals surface area contributed by atoms with E-state index in [4.69, 9.17) is 0 Å². The molecule has 0 unspecified atom stereocenters. The minimum atomic E-state index is -0.161. The van der Waals surface area contributed by atoms with Gasteiger partial charge in [0.05, 0.1) is 0 Å². The summed E-state index contributed by atoms with van der Waals surface area (Å²) in [6.07, 6.45) is 0. The number of aryl methyl sites for hydroxylation is 1. The molecule has 0 atom stereocenters.